The van der Waals surface area contributed by atoms with Crippen LogP contribution in [0, 0.1) is 0 Å². The fraction of sp³-hybridized carbons (Fsp3) is 0.600. The van der Waals surface area contributed by atoms with Gasteiger partial charge in [0.15, 0.2) is 0 Å². The third-order valence-corrected chi connectivity index (χ3v) is 4.34. The maximum absolute atomic E-state index is 14.7. The van der Waals surface area contributed by atoms with Crippen molar-refractivity contribution in [3.8, 4) is 0 Å². The summed E-state index contributed by atoms with van der Waals surface area (Å²) in [7, 11) is 0. The highest BCUT2D eigenvalue weighted by Gasteiger charge is 2.26. The molecule has 0 aromatic carbocycles. The molecule has 21 heavy (non-hydrogen) atoms. The molecule has 0 rings (SSSR count). The first-order chi connectivity index (χ1) is 9.66. The topological polar surface area (TPSA) is 0 Å². The smallest absolute Gasteiger partial charge is 0.111 e. The first-order valence-corrected chi connectivity index (χ1v) is 8.05. The van der Waals surface area contributed by atoms with Crippen molar-refractivity contribution in [2.75, 3.05) is 0 Å². The largest absolute Gasteiger partial charge is 0.244 e. The highest BCUT2D eigenvalue weighted by molar-refractivity contribution is 5.40. The highest BCUT2D eigenvalue weighted by Crippen LogP contribution is 2.31. The predicted octanol–water partition coefficient (Wildman–Crippen LogP) is 7.10. The van der Waals surface area contributed by atoms with E-state index in [2.05, 4.69) is 33.1 Å². The van der Waals surface area contributed by atoms with Crippen molar-refractivity contribution < 1.29 is 4.39 Å². The third kappa shape index (κ3) is 6.93. The van der Waals surface area contributed by atoms with Crippen molar-refractivity contribution in [2.24, 2.45) is 0 Å². The van der Waals surface area contributed by atoms with E-state index >= 15 is 0 Å². The van der Waals surface area contributed by atoms with Crippen molar-refractivity contribution >= 4 is 0 Å². The van der Waals surface area contributed by atoms with Crippen LogP contribution in [0.25, 0.3) is 0 Å². The van der Waals surface area contributed by atoms with E-state index in [4.69, 9.17) is 0 Å². The molecule has 0 nitrogen and oxygen atoms in total. The van der Waals surface area contributed by atoms with Crippen LogP contribution in [0.4, 0.5) is 4.39 Å². The molecule has 120 valence electrons. The molecule has 1 heteroatoms. The molecule has 0 spiro atoms. The SMILES string of the molecule is C=C(C)/C(=C\C(C)=C(/C)C(=C)C)CCC(F)(CC)CCC. The molecular weight excluding hydrogens is 259 g/mol. The minimum atomic E-state index is -1.04. The molecule has 0 aliphatic heterocycles. The van der Waals surface area contributed by atoms with Gasteiger partial charge >= 0.3 is 0 Å². The standard InChI is InChI=1S/C20H33F/c1-9-12-20(21,10-2)13-11-19(16(5)6)14-17(7)18(8)15(3)4/h14H,3,5,9-13H2,1-2,4,6-8H3/b18-17+,19-14-. The van der Waals surface area contributed by atoms with Crippen molar-refractivity contribution in [3.05, 3.63) is 47.1 Å². The molecule has 0 saturated heterocycles. The van der Waals surface area contributed by atoms with Gasteiger partial charge in [0.25, 0.3) is 0 Å². The van der Waals surface area contributed by atoms with Crippen molar-refractivity contribution in [3.63, 3.8) is 0 Å². The maximum atomic E-state index is 14.7. The quantitative estimate of drug-likeness (QED) is 0.397. The maximum Gasteiger partial charge on any atom is 0.111 e. The Kier molecular flexibility index (Phi) is 8.54. The Hall–Kier alpha value is -1.11. The summed E-state index contributed by atoms with van der Waals surface area (Å²) in [6, 6.07) is 0. The fourth-order valence-corrected chi connectivity index (χ4v) is 2.40. The van der Waals surface area contributed by atoms with Gasteiger partial charge in [-0.25, -0.2) is 4.39 Å². The lowest BCUT2D eigenvalue weighted by Gasteiger charge is -2.24. The van der Waals surface area contributed by atoms with Crippen LogP contribution in [-0.2, 0) is 0 Å². The molecule has 0 aromatic rings. The summed E-state index contributed by atoms with van der Waals surface area (Å²) in [6.07, 6.45) is 5.60. The van der Waals surface area contributed by atoms with E-state index in [1.165, 1.54) is 11.1 Å². The van der Waals surface area contributed by atoms with E-state index in [0.717, 1.165) is 29.6 Å². The summed E-state index contributed by atoms with van der Waals surface area (Å²) in [4.78, 5) is 0. The second-order valence-electron chi connectivity index (χ2n) is 6.29. The van der Waals surface area contributed by atoms with E-state index in [-0.39, 0.29) is 0 Å². The second kappa shape index (κ2) is 9.02. The van der Waals surface area contributed by atoms with Crippen LogP contribution in [0.15, 0.2) is 47.1 Å². The van der Waals surface area contributed by atoms with E-state index in [9.17, 15) is 4.39 Å². The predicted molar refractivity (Wildman–Crippen MR) is 94.4 cm³/mol. The number of halogens is 1. The van der Waals surface area contributed by atoms with Gasteiger partial charge in [-0.05, 0) is 70.1 Å². The van der Waals surface area contributed by atoms with Gasteiger partial charge in [0, 0.05) is 0 Å². The Morgan fingerprint density at radius 1 is 1.00 bits per heavy atom. The molecule has 1 unspecified atom stereocenters. The molecule has 0 radical (unpaired) electrons. The lowest BCUT2D eigenvalue weighted by atomic mass is 9.88. The zero-order chi connectivity index (χ0) is 16.6. The Bertz CT molecular complexity index is 437. The lowest BCUT2D eigenvalue weighted by Crippen LogP contribution is -2.21. The Morgan fingerprint density at radius 3 is 1.95 bits per heavy atom. The third-order valence-electron chi connectivity index (χ3n) is 4.34. The van der Waals surface area contributed by atoms with Crippen LogP contribution in [-0.4, -0.2) is 5.67 Å². The molecule has 0 bridgehead atoms. The summed E-state index contributed by atoms with van der Waals surface area (Å²) in [6.45, 7) is 20.2. The van der Waals surface area contributed by atoms with E-state index < -0.39 is 5.67 Å². The molecule has 0 heterocycles. The second-order valence-corrected chi connectivity index (χ2v) is 6.29. The van der Waals surface area contributed by atoms with Gasteiger partial charge in [-0.2, -0.15) is 0 Å². The summed E-state index contributed by atoms with van der Waals surface area (Å²) in [5, 5.41) is 0. The van der Waals surface area contributed by atoms with E-state index in [1.54, 1.807) is 0 Å². The van der Waals surface area contributed by atoms with Crippen LogP contribution in [0.2, 0.25) is 0 Å². The van der Waals surface area contributed by atoms with Gasteiger partial charge in [-0.3, -0.25) is 0 Å². The molecule has 0 aliphatic rings. The first kappa shape index (κ1) is 19.9. The Labute approximate surface area is 131 Å². The number of allylic oxidation sites excluding steroid dienone is 6. The van der Waals surface area contributed by atoms with Gasteiger partial charge in [0.1, 0.15) is 5.67 Å². The Balaban J connectivity index is 5.15. The van der Waals surface area contributed by atoms with Crippen molar-refractivity contribution in [1.82, 2.24) is 0 Å². The number of alkyl halides is 1. The van der Waals surface area contributed by atoms with Crippen LogP contribution < -0.4 is 0 Å². The summed E-state index contributed by atoms with van der Waals surface area (Å²) < 4.78 is 14.7. The number of hydrogen-bond donors (Lipinski definition) is 0. The first-order valence-electron chi connectivity index (χ1n) is 8.05. The van der Waals surface area contributed by atoms with Crippen LogP contribution in [0.1, 0.15) is 73.6 Å². The van der Waals surface area contributed by atoms with Gasteiger partial charge in [0.2, 0.25) is 0 Å². The zero-order valence-corrected chi connectivity index (χ0v) is 14.9. The van der Waals surface area contributed by atoms with Crippen LogP contribution in [0.3, 0.4) is 0 Å². The minimum Gasteiger partial charge on any atom is -0.244 e. The molecule has 0 amide bonds. The minimum absolute atomic E-state index is 0.579. The zero-order valence-electron chi connectivity index (χ0n) is 14.9. The van der Waals surface area contributed by atoms with Crippen LogP contribution in [0.5, 0.6) is 0 Å². The highest BCUT2D eigenvalue weighted by atomic mass is 19.1. The molecule has 1 atom stereocenters. The summed E-state index contributed by atoms with van der Waals surface area (Å²) in [5.74, 6) is 0. The monoisotopic (exact) mass is 292 g/mol. The molecule has 0 saturated carbocycles. The molecular formula is C20H33F. The Morgan fingerprint density at radius 2 is 1.57 bits per heavy atom. The summed E-state index contributed by atoms with van der Waals surface area (Å²) in [5.41, 5.74) is 4.61. The van der Waals surface area contributed by atoms with Gasteiger partial charge < -0.3 is 0 Å². The number of rotatable bonds is 9. The molecule has 0 aliphatic carbocycles. The average molecular weight is 292 g/mol. The fourth-order valence-electron chi connectivity index (χ4n) is 2.40. The normalized spacial score (nSPS) is 16.2. The molecule has 0 fully saturated rings. The summed E-state index contributed by atoms with van der Waals surface area (Å²) >= 11 is 0. The van der Waals surface area contributed by atoms with Crippen LogP contribution >= 0.6 is 0 Å². The van der Waals surface area contributed by atoms with Gasteiger partial charge in [0.05, 0.1) is 0 Å². The number of hydrogen-bond acceptors (Lipinski definition) is 0. The molecule has 0 aromatic heterocycles. The van der Waals surface area contributed by atoms with Crippen molar-refractivity contribution in [2.45, 2.75) is 79.3 Å². The average Bonchev–Trinajstić information content (AvgIpc) is 2.42. The van der Waals surface area contributed by atoms with Gasteiger partial charge in [-0.1, -0.05) is 50.6 Å². The van der Waals surface area contributed by atoms with E-state index in [1.807, 2.05) is 27.7 Å². The molecule has 0 N–H and O–H groups in total. The van der Waals surface area contributed by atoms with E-state index in [0.29, 0.717) is 19.3 Å². The van der Waals surface area contributed by atoms with Crippen molar-refractivity contribution in [1.29, 1.82) is 0 Å². The van der Waals surface area contributed by atoms with Gasteiger partial charge in [-0.15, -0.1) is 0 Å². The lowest BCUT2D eigenvalue weighted by molar-refractivity contribution is 0.130.